The molecule has 1 aliphatic heterocycles. The Bertz CT molecular complexity index is 502. The van der Waals surface area contributed by atoms with Crippen LogP contribution in [0, 0.1) is 0 Å². The Morgan fingerprint density at radius 3 is 2.28 bits per heavy atom. The van der Waals surface area contributed by atoms with Crippen LogP contribution in [0.2, 0.25) is 0 Å². The van der Waals surface area contributed by atoms with Crippen molar-refractivity contribution in [3.63, 3.8) is 0 Å². The van der Waals surface area contributed by atoms with Gasteiger partial charge in [0.15, 0.2) is 0 Å². The summed E-state index contributed by atoms with van der Waals surface area (Å²) in [5.41, 5.74) is 1.99. The number of carbonyl (C=O) groups excluding carboxylic acids is 1. The fourth-order valence-corrected chi connectivity index (χ4v) is 2.73. The van der Waals surface area contributed by atoms with Crippen molar-refractivity contribution in [2.75, 3.05) is 19.6 Å². The summed E-state index contributed by atoms with van der Waals surface area (Å²) in [6.07, 6.45) is -4.48. The molecule has 5 nitrogen and oxygen atoms in total. The van der Waals surface area contributed by atoms with Crippen LogP contribution in [0.25, 0.3) is 0 Å². The zero-order valence-electron chi connectivity index (χ0n) is 14.5. The Kier molecular flexibility index (Phi) is 8.88. The van der Waals surface area contributed by atoms with Crippen LogP contribution in [0.3, 0.4) is 0 Å². The van der Waals surface area contributed by atoms with E-state index in [1.165, 1.54) is 0 Å². The van der Waals surface area contributed by atoms with E-state index >= 15 is 0 Å². The highest BCUT2D eigenvalue weighted by atomic mass is 19.4. The van der Waals surface area contributed by atoms with Gasteiger partial charge in [-0.15, -0.1) is 0 Å². The molecule has 25 heavy (non-hydrogen) atoms. The number of piperazine rings is 1. The van der Waals surface area contributed by atoms with Crippen LogP contribution in [0.5, 0.6) is 0 Å². The lowest BCUT2D eigenvalue weighted by Crippen LogP contribution is -2.55. The van der Waals surface area contributed by atoms with Gasteiger partial charge in [0.05, 0.1) is 0 Å². The first-order valence-corrected chi connectivity index (χ1v) is 8.27. The standard InChI is InChI=1S/C10H19F3N2.C7H7NO2/c1-8-6-14-7-9(2)15(8)5-3-4-10(11,12)13;9-7(8-10)6-4-2-1-3-5-6/h8-9,14H,3-7H2,1-2H3;1-5,10H,(H,8,9)/t8-,9+;. The summed E-state index contributed by atoms with van der Waals surface area (Å²) < 4.78 is 35.9. The molecule has 2 rings (SSSR count). The van der Waals surface area contributed by atoms with Crippen molar-refractivity contribution < 1.29 is 23.2 Å². The molecular weight excluding hydrogens is 335 g/mol. The number of hydroxylamine groups is 1. The van der Waals surface area contributed by atoms with Crippen LogP contribution in [-0.4, -0.2) is 53.9 Å². The average molecular weight is 361 g/mol. The second-order valence-electron chi connectivity index (χ2n) is 6.12. The summed E-state index contributed by atoms with van der Waals surface area (Å²) in [5.74, 6) is -0.486. The summed E-state index contributed by atoms with van der Waals surface area (Å²) in [4.78, 5) is 12.8. The highest BCUT2D eigenvalue weighted by Gasteiger charge is 2.29. The van der Waals surface area contributed by atoms with E-state index < -0.39 is 18.5 Å². The first-order valence-electron chi connectivity index (χ1n) is 8.27. The van der Waals surface area contributed by atoms with Gasteiger partial charge in [-0.1, -0.05) is 18.2 Å². The van der Waals surface area contributed by atoms with Crippen molar-refractivity contribution in [3.05, 3.63) is 35.9 Å². The zero-order valence-corrected chi connectivity index (χ0v) is 14.5. The third-order valence-electron chi connectivity index (χ3n) is 4.03. The molecule has 0 unspecified atom stereocenters. The van der Waals surface area contributed by atoms with Crippen molar-refractivity contribution in [3.8, 4) is 0 Å². The SMILES string of the molecule is C[C@@H]1CNC[C@H](C)N1CCCC(F)(F)F.O=C(NO)c1ccccc1. The number of alkyl halides is 3. The first-order chi connectivity index (χ1) is 11.7. The minimum Gasteiger partial charge on any atom is -0.314 e. The van der Waals surface area contributed by atoms with Crippen molar-refractivity contribution in [2.45, 2.75) is 44.9 Å². The summed E-state index contributed by atoms with van der Waals surface area (Å²) in [6.45, 7) is 6.39. The molecule has 2 atom stereocenters. The smallest absolute Gasteiger partial charge is 0.314 e. The monoisotopic (exact) mass is 361 g/mol. The predicted molar refractivity (Wildman–Crippen MR) is 89.5 cm³/mol. The second kappa shape index (κ2) is 10.4. The molecule has 1 aliphatic rings. The summed E-state index contributed by atoms with van der Waals surface area (Å²) in [7, 11) is 0. The van der Waals surface area contributed by atoms with Crippen LogP contribution >= 0.6 is 0 Å². The van der Waals surface area contributed by atoms with Gasteiger partial charge >= 0.3 is 6.18 Å². The fraction of sp³-hybridized carbons (Fsp3) is 0.588. The molecule has 1 saturated heterocycles. The van der Waals surface area contributed by atoms with E-state index in [9.17, 15) is 18.0 Å². The van der Waals surface area contributed by atoms with Crippen molar-refractivity contribution in [1.29, 1.82) is 0 Å². The van der Waals surface area contributed by atoms with Gasteiger partial charge in [-0.05, 0) is 38.9 Å². The number of nitrogens with one attached hydrogen (secondary N) is 2. The van der Waals surface area contributed by atoms with E-state index in [4.69, 9.17) is 5.21 Å². The maximum atomic E-state index is 12.0. The van der Waals surface area contributed by atoms with Crippen LogP contribution in [-0.2, 0) is 0 Å². The van der Waals surface area contributed by atoms with Gasteiger partial charge < -0.3 is 5.32 Å². The maximum Gasteiger partial charge on any atom is 0.389 e. The van der Waals surface area contributed by atoms with E-state index in [1.807, 2.05) is 0 Å². The Morgan fingerprint density at radius 2 is 1.80 bits per heavy atom. The number of hydrogen-bond acceptors (Lipinski definition) is 4. The summed E-state index contributed by atoms with van der Waals surface area (Å²) in [5, 5.41) is 11.4. The predicted octanol–water partition coefficient (Wildman–Crippen LogP) is 2.82. The van der Waals surface area contributed by atoms with Gasteiger partial charge in [0.1, 0.15) is 0 Å². The van der Waals surface area contributed by atoms with E-state index in [-0.39, 0.29) is 6.42 Å². The fourth-order valence-electron chi connectivity index (χ4n) is 2.73. The number of nitrogens with zero attached hydrogens (tertiary/aromatic N) is 1. The van der Waals surface area contributed by atoms with Crippen molar-refractivity contribution in [1.82, 2.24) is 15.7 Å². The molecule has 3 N–H and O–H groups in total. The van der Waals surface area contributed by atoms with E-state index in [1.54, 1.807) is 35.8 Å². The molecule has 142 valence electrons. The lowest BCUT2D eigenvalue weighted by Gasteiger charge is -2.39. The van der Waals surface area contributed by atoms with Gasteiger partial charge in [-0.25, -0.2) is 5.48 Å². The van der Waals surface area contributed by atoms with Crippen molar-refractivity contribution >= 4 is 5.91 Å². The lowest BCUT2D eigenvalue weighted by molar-refractivity contribution is -0.136. The van der Waals surface area contributed by atoms with Crippen LogP contribution in [0.1, 0.15) is 37.0 Å². The van der Waals surface area contributed by atoms with E-state index in [0.717, 1.165) is 13.1 Å². The number of rotatable bonds is 4. The lowest BCUT2D eigenvalue weighted by atomic mass is 10.1. The molecule has 0 aromatic heterocycles. The summed E-state index contributed by atoms with van der Waals surface area (Å²) >= 11 is 0. The third kappa shape index (κ3) is 8.33. The van der Waals surface area contributed by atoms with Crippen LogP contribution in [0.4, 0.5) is 13.2 Å². The minimum atomic E-state index is -4.01. The molecule has 1 amide bonds. The molecule has 1 fully saturated rings. The average Bonchev–Trinajstić information content (AvgIpc) is 2.57. The van der Waals surface area contributed by atoms with Gasteiger partial charge in [0.25, 0.3) is 5.91 Å². The topological polar surface area (TPSA) is 64.6 Å². The molecular formula is C17H26F3N3O2. The number of carbonyl (C=O) groups is 1. The molecule has 0 bridgehead atoms. The molecule has 0 spiro atoms. The Hall–Kier alpha value is -1.64. The minimum absolute atomic E-state index is 0.207. The zero-order chi connectivity index (χ0) is 18.9. The first kappa shape index (κ1) is 21.4. The van der Waals surface area contributed by atoms with Gasteiger partial charge in [0.2, 0.25) is 0 Å². The Morgan fingerprint density at radius 1 is 1.24 bits per heavy atom. The Labute approximate surface area is 146 Å². The number of hydrogen-bond donors (Lipinski definition) is 3. The normalized spacial score (nSPS) is 21.2. The van der Waals surface area contributed by atoms with Gasteiger partial charge in [0, 0.05) is 37.2 Å². The molecule has 1 heterocycles. The molecule has 1 aromatic carbocycles. The number of amides is 1. The maximum absolute atomic E-state index is 12.0. The molecule has 0 saturated carbocycles. The van der Waals surface area contributed by atoms with Gasteiger partial charge in [-0.3, -0.25) is 14.9 Å². The third-order valence-corrected chi connectivity index (χ3v) is 4.03. The number of benzene rings is 1. The quantitative estimate of drug-likeness (QED) is 0.570. The van der Waals surface area contributed by atoms with E-state index in [2.05, 4.69) is 24.1 Å². The van der Waals surface area contributed by atoms with E-state index in [0.29, 0.717) is 24.2 Å². The highest BCUT2D eigenvalue weighted by Crippen LogP contribution is 2.22. The van der Waals surface area contributed by atoms with Gasteiger partial charge in [-0.2, -0.15) is 13.2 Å². The second-order valence-corrected chi connectivity index (χ2v) is 6.12. The Balaban J connectivity index is 0.000000271. The molecule has 0 aliphatic carbocycles. The largest absolute Gasteiger partial charge is 0.389 e. The molecule has 0 radical (unpaired) electrons. The number of halogens is 3. The van der Waals surface area contributed by atoms with Crippen LogP contribution < -0.4 is 10.8 Å². The van der Waals surface area contributed by atoms with Crippen molar-refractivity contribution in [2.24, 2.45) is 0 Å². The highest BCUT2D eigenvalue weighted by molar-refractivity contribution is 5.93. The molecule has 1 aromatic rings. The van der Waals surface area contributed by atoms with Crippen LogP contribution in [0.15, 0.2) is 30.3 Å². The molecule has 8 heteroatoms. The summed E-state index contributed by atoms with van der Waals surface area (Å²) in [6, 6.07) is 9.16.